The highest BCUT2D eigenvalue weighted by Crippen LogP contribution is 2.28. The summed E-state index contributed by atoms with van der Waals surface area (Å²) >= 11 is 5.87. The highest BCUT2D eigenvalue weighted by Gasteiger charge is 2.45. The van der Waals surface area contributed by atoms with Crippen LogP contribution in [0.3, 0.4) is 0 Å². The van der Waals surface area contributed by atoms with Gasteiger partial charge in [-0.1, -0.05) is 23.7 Å². The number of carbonyl (C=O) groups excluding carboxylic acids is 4. The van der Waals surface area contributed by atoms with Crippen molar-refractivity contribution in [1.82, 2.24) is 10.4 Å². The lowest BCUT2D eigenvalue weighted by atomic mass is 10.1. The van der Waals surface area contributed by atoms with Gasteiger partial charge in [0.15, 0.2) is 0 Å². The van der Waals surface area contributed by atoms with Gasteiger partial charge in [0.05, 0.1) is 19.2 Å². The smallest absolute Gasteiger partial charge is 0.273 e. The third kappa shape index (κ3) is 4.99. The van der Waals surface area contributed by atoms with E-state index in [0.29, 0.717) is 10.8 Å². The average molecular weight is 496 g/mol. The Balaban J connectivity index is 1.69. The van der Waals surface area contributed by atoms with E-state index in [1.807, 2.05) is 0 Å². The van der Waals surface area contributed by atoms with Gasteiger partial charge in [-0.05, 0) is 54.6 Å². The first-order valence-corrected chi connectivity index (χ1v) is 10.8. The molecule has 3 aromatic rings. The van der Waals surface area contributed by atoms with Crippen molar-refractivity contribution in [2.45, 2.75) is 12.5 Å². The molecule has 1 unspecified atom stereocenters. The highest BCUT2D eigenvalue weighted by molar-refractivity contribution is 6.30. The van der Waals surface area contributed by atoms with Crippen LogP contribution in [-0.2, 0) is 9.59 Å². The van der Waals surface area contributed by atoms with Gasteiger partial charge in [-0.3, -0.25) is 24.6 Å². The molecule has 0 spiro atoms. The summed E-state index contributed by atoms with van der Waals surface area (Å²) < 4.78 is 19.0. The molecule has 10 heteroatoms. The van der Waals surface area contributed by atoms with E-state index >= 15 is 0 Å². The van der Waals surface area contributed by atoms with E-state index in [9.17, 15) is 23.6 Å². The van der Waals surface area contributed by atoms with Gasteiger partial charge in [0.1, 0.15) is 17.6 Å². The Morgan fingerprint density at radius 2 is 1.74 bits per heavy atom. The fourth-order valence-electron chi connectivity index (χ4n) is 3.64. The Bertz CT molecular complexity index is 1310. The largest absolute Gasteiger partial charge is 0.497 e. The van der Waals surface area contributed by atoms with Crippen LogP contribution < -0.4 is 15.1 Å². The van der Waals surface area contributed by atoms with Gasteiger partial charge in [0, 0.05) is 22.2 Å². The second kappa shape index (κ2) is 9.94. The molecule has 0 saturated carbocycles. The molecule has 35 heavy (non-hydrogen) atoms. The summed E-state index contributed by atoms with van der Waals surface area (Å²) in [4.78, 5) is 53.3. The second-order valence-corrected chi connectivity index (χ2v) is 8.06. The van der Waals surface area contributed by atoms with Crippen LogP contribution in [0, 0.1) is 5.82 Å². The molecule has 4 amide bonds. The highest BCUT2D eigenvalue weighted by atomic mass is 35.5. The molecule has 0 aromatic heterocycles. The van der Waals surface area contributed by atoms with Crippen LogP contribution in [0.25, 0.3) is 0 Å². The van der Waals surface area contributed by atoms with E-state index in [1.54, 1.807) is 18.2 Å². The number of carbonyl (C=O) groups is 4. The van der Waals surface area contributed by atoms with Gasteiger partial charge in [0.2, 0.25) is 5.91 Å². The van der Waals surface area contributed by atoms with Crippen molar-refractivity contribution in [3.63, 3.8) is 0 Å². The standard InChI is InChI=1S/C25H19ClFN3O5/c1-35-20-7-3-6-19(13-20)29-22(31)14-21(25(29)34)30(24(33)16-4-2-5-18(27)12-16)28-23(32)15-8-10-17(26)11-9-15/h2-13,21H,14H2,1H3,(H,28,32). The molecule has 4 rings (SSSR count). The lowest BCUT2D eigenvalue weighted by Gasteiger charge is -2.28. The lowest BCUT2D eigenvalue weighted by molar-refractivity contribution is -0.122. The number of anilines is 1. The predicted molar refractivity (Wildman–Crippen MR) is 125 cm³/mol. The zero-order valence-electron chi connectivity index (χ0n) is 18.4. The van der Waals surface area contributed by atoms with Crippen LogP contribution >= 0.6 is 11.6 Å². The van der Waals surface area contributed by atoms with Crippen LogP contribution in [0.1, 0.15) is 27.1 Å². The SMILES string of the molecule is COc1cccc(N2C(=O)CC(N(NC(=O)c3ccc(Cl)cc3)C(=O)c3cccc(F)c3)C2=O)c1. The van der Waals surface area contributed by atoms with E-state index < -0.39 is 41.9 Å². The fourth-order valence-corrected chi connectivity index (χ4v) is 3.77. The molecule has 178 valence electrons. The quantitative estimate of drug-likeness (QED) is 0.431. The number of halogens is 2. The van der Waals surface area contributed by atoms with E-state index in [4.69, 9.17) is 16.3 Å². The Hall–Kier alpha value is -4.24. The fraction of sp³-hybridized carbons (Fsp3) is 0.120. The molecule has 1 fully saturated rings. The number of hydrogen-bond donors (Lipinski definition) is 1. The first-order valence-electron chi connectivity index (χ1n) is 10.4. The van der Waals surface area contributed by atoms with Crippen molar-refractivity contribution in [3.05, 3.63) is 94.8 Å². The van der Waals surface area contributed by atoms with Gasteiger partial charge in [0.25, 0.3) is 17.7 Å². The first-order chi connectivity index (χ1) is 16.8. The minimum atomic E-state index is -1.36. The van der Waals surface area contributed by atoms with Crippen molar-refractivity contribution in [1.29, 1.82) is 0 Å². The Morgan fingerprint density at radius 3 is 2.43 bits per heavy atom. The summed E-state index contributed by atoms with van der Waals surface area (Å²) in [6, 6.07) is 15.6. The van der Waals surface area contributed by atoms with Gasteiger partial charge in [-0.2, -0.15) is 0 Å². The number of nitrogens with zero attached hydrogens (tertiary/aromatic N) is 2. The maximum absolute atomic E-state index is 13.8. The zero-order valence-corrected chi connectivity index (χ0v) is 19.2. The monoisotopic (exact) mass is 495 g/mol. The number of imide groups is 1. The average Bonchev–Trinajstić information content (AvgIpc) is 3.15. The molecule has 0 aliphatic carbocycles. The minimum absolute atomic E-state index is 0.110. The summed E-state index contributed by atoms with van der Waals surface area (Å²) in [7, 11) is 1.45. The van der Waals surface area contributed by atoms with Crippen LogP contribution in [0.15, 0.2) is 72.8 Å². The Kier molecular flexibility index (Phi) is 6.79. The summed E-state index contributed by atoms with van der Waals surface area (Å²) in [6.07, 6.45) is -0.391. The molecule has 1 aliphatic heterocycles. The molecule has 8 nitrogen and oxygen atoms in total. The van der Waals surface area contributed by atoms with E-state index in [0.717, 1.165) is 22.0 Å². The Morgan fingerprint density at radius 1 is 1.03 bits per heavy atom. The van der Waals surface area contributed by atoms with Crippen LogP contribution in [-0.4, -0.2) is 41.8 Å². The molecular formula is C25H19ClFN3O5. The minimum Gasteiger partial charge on any atom is -0.497 e. The summed E-state index contributed by atoms with van der Waals surface area (Å²) in [5.41, 5.74) is 2.72. The normalized spacial score (nSPS) is 15.2. The molecule has 1 aliphatic rings. The predicted octanol–water partition coefficient (Wildman–Crippen LogP) is 3.61. The number of ether oxygens (including phenoxy) is 1. The van der Waals surface area contributed by atoms with E-state index in [1.165, 1.54) is 49.6 Å². The number of hydrogen-bond acceptors (Lipinski definition) is 5. The summed E-state index contributed by atoms with van der Waals surface area (Å²) in [5.74, 6) is -3.13. The van der Waals surface area contributed by atoms with E-state index in [2.05, 4.69) is 5.43 Å². The number of benzene rings is 3. The van der Waals surface area contributed by atoms with Gasteiger partial charge in [-0.25, -0.2) is 14.3 Å². The number of amides is 4. The Labute approximate surface area is 204 Å². The van der Waals surface area contributed by atoms with Crippen molar-refractivity contribution in [2.75, 3.05) is 12.0 Å². The molecule has 1 atom stereocenters. The lowest BCUT2D eigenvalue weighted by Crippen LogP contribution is -2.54. The van der Waals surface area contributed by atoms with E-state index in [-0.39, 0.29) is 16.8 Å². The molecule has 1 saturated heterocycles. The van der Waals surface area contributed by atoms with Crippen LogP contribution in [0.4, 0.5) is 10.1 Å². The maximum Gasteiger partial charge on any atom is 0.273 e. The van der Waals surface area contributed by atoms with Crippen LogP contribution in [0.5, 0.6) is 5.75 Å². The molecule has 1 heterocycles. The van der Waals surface area contributed by atoms with Crippen molar-refractivity contribution >= 4 is 40.9 Å². The number of methoxy groups -OCH3 is 1. The van der Waals surface area contributed by atoms with Gasteiger partial charge < -0.3 is 4.74 Å². The number of nitrogens with one attached hydrogen (secondary N) is 1. The maximum atomic E-state index is 13.8. The second-order valence-electron chi connectivity index (χ2n) is 7.62. The molecule has 0 radical (unpaired) electrons. The first kappa shape index (κ1) is 23.9. The van der Waals surface area contributed by atoms with Gasteiger partial charge >= 0.3 is 0 Å². The summed E-state index contributed by atoms with van der Waals surface area (Å²) in [6.45, 7) is 0. The topological polar surface area (TPSA) is 96.0 Å². The zero-order chi connectivity index (χ0) is 25.1. The van der Waals surface area contributed by atoms with Crippen molar-refractivity contribution in [3.8, 4) is 5.75 Å². The third-order valence-electron chi connectivity index (χ3n) is 5.36. The molecule has 0 bridgehead atoms. The van der Waals surface area contributed by atoms with Crippen molar-refractivity contribution < 1.29 is 28.3 Å². The van der Waals surface area contributed by atoms with Crippen molar-refractivity contribution in [2.24, 2.45) is 0 Å². The number of hydrazine groups is 1. The molecular weight excluding hydrogens is 477 g/mol. The van der Waals surface area contributed by atoms with Gasteiger partial charge in [-0.15, -0.1) is 0 Å². The number of rotatable bonds is 5. The summed E-state index contributed by atoms with van der Waals surface area (Å²) in [5, 5.41) is 1.17. The van der Waals surface area contributed by atoms with Crippen LogP contribution in [0.2, 0.25) is 5.02 Å². The third-order valence-corrected chi connectivity index (χ3v) is 5.62. The molecule has 3 aromatic carbocycles. The molecule has 1 N–H and O–H groups in total.